The second kappa shape index (κ2) is 8.03. The molecule has 0 aliphatic rings. The first-order valence-corrected chi connectivity index (χ1v) is 12.0. The number of para-hydroxylation sites is 3. The van der Waals surface area contributed by atoms with Gasteiger partial charge in [-0.3, -0.25) is 0 Å². The van der Waals surface area contributed by atoms with E-state index in [1.165, 1.54) is 18.2 Å². The monoisotopic (exact) mass is 494 g/mol. The molecule has 0 atom stereocenters. The van der Waals surface area contributed by atoms with Gasteiger partial charge in [-0.05, 0) is 48.5 Å². The summed E-state index contributed by atoms with van der Waals surface area (Å²) in [5.74, 6) is -1.32. The van der Waals surface area contributed by atoms with Crippen molar-refractivity contribution in [2.45, 2.75) is 0 Å². The number of nitriles is 2. The molecule has 0 aliphatic heterocycles. The number of aromatic nitrogens is 2. The molecule has 5 aromatic carbocycles. The zero-order valence-electron chi connectivity index (χ0n) is 19.8. The molecule has 4 nitrogen and oxygen atoms in total. The zero-order valence-corrected chi connectivity index (χ0v) is 19.8. The molecule has 0 spiro atoms. The first-order valence-electron chi connectivity index (χ1n) is 12.0. The highest BCUT2D eigenvalue weighted by molar-refractivity contribution is 6.26. The first kappa shape index (κ1) is 21.8. The predicted octanol–water partition coefficient (Wildman–Crippen LogP) is 7.90. The van der Waals surface area contributed by atoms with Gasteiger partial charge in [-0.2, -0.15) is 10.5 Å². The number of nitrogens with zero attached hydrogens (tertiary/aromatic N) is 4. The van der Waals surface area contributed by atoms with Gasteiger partial charge in [0.25, 0.3) is 0 Å². The Hall–Kier alpha value is -5.46. The van der Waals surface area contributed by atoms with Crippen LogP contribution in [0, 0.1) is 34.3 Å². The Balaban J connectivity index is 1.76. The lowest BCUT2D eigenvalue weighted by Crippen LogP contribution is -2.01. The van der Waals surface area contributed by atoms with E-state index in [1.54, 1.807) is 22.8 Å². The van der Waals surface area contributed by atoms with Gasteiger partial charge < -0.3 is 9.13 Å². The van der Waals surface area contributed by atoms with Crippen molar-refractivity contribution in [1.82, 2.24) is 9.13 Å². The molecule has 0 amide bonds. The fraction of sp³-hybridized carbons (Fsp3) is 0. The first-order chi connectivity index (χ1) is 18.6. The van der Waals surface area contributed by atoms with E-state index in [2.05, 4.69) is 12.1 Å². The van der Waals surface area contributed by atoms with Gasteiger partial charge in [0.05, 0.1) is 45.0 Å². The summed E-state index contributed by atoms with van der Waals surface area (Å²) >= 11 is 0. The van der Waals surface area contributed by atoms with E-state index in [9.17, 15) is 10.5 Å². The van der Waals surface area contributed by atoms with Crippen molar-refractivity contribution in [1.29, 1.82) is 10.5 Å². The molecule has 2 aromatic heterocycles. The molecule has 0 N–H and O–H groups in total. The van der Waals surface area contributed by atoms with Gasteiger partial charge in [-0.1, -0.05) is 48.5 Å². The van der Waals surface area contributed by atoms with E-state index >= 15 is 8.78 Å². The molecule has 0 saturated heterocycles. The number of halogens is 2. The second-order valence-electron chi connectivity index (χ2n) is 9.09. The largest absolute Gasteiger partial charge is 0.307 e. The molecule has 7 aromatic rings. The van der Waals surface area contributed by atoms with E-state index < -0.39 is 11.6 Å². The van der Waals surface area contributed by atoms with Gasteiger partial charge in [-0.25, -0.2) is 8.78 Å². The van der Waals surface area contributed by atoms with Crippen LogP contribution in [0.1, 0.15) is 11.1 Å². The summed E-state index contributed by atoms with van der Waals surface area (Å²) in [6.07, 6.45) is 0. The van der Waals surface area contributed by atoms with E-state index in [0.717, 1.165) is 32.6 Å². The van der Waals surface area contributed by atoms with E-state index in [1.807, 2.05) is 65.2 Å². The van der Waals surface area contributed by atoms with Crippen LogP contribution in [0.15, 0.2) is 97.1 Å². The average molecular weight is 495 g/mol. The highest BCUT2D eigenvalue weighted by atomic mass is 19.1. The van der Waals surface area contributed by atoms with Crippen molar-refractivity contribution in [3.63, 3.8) is 0 Å². The quantitative estimate of drug-likeness (QED) is 0.245. The Morgan fingerprint density at radius 2 is 1.26 bits per heavy atom. The average Bonchev–Trinajstić information content (AvgIpc) is 3.46. The lowest BCUT2D eigenvalue weighted by atomic mass is 10.1. The Kier molecular flexibility index (Phi) is 4.60. The van der Waals surface area contributed by atoms with Crippen LogP contribution in [0.5, 0.6) is 0 Å². The fourth-order valence-corrected chi connectivity index (χ4v) is 5.59. The Labute approximate surface area is 215 Å². The molecule has 2 heterocycles. The summed E-state index contributed by atoms with van der Waals surface area (Å²) in [5.41, 5.74) is 4.23. The Morgan fingerprint density at radius 3 is 1.97 bits per heavy atom. The molecule has 0 unspecified atom stereocenters. The third kappa shape index (κ3) is 2.86. The lowest BCUT2D eigenvalue weighted by molar-refractivity contribution is 0.573. The molecule has 7 rings (SSSR count). The molecule has 6 heteroatoms. The zero-order chi connectivity index (χ0) is 26.0. The van der Waals surface area contributed by atoms with Crippen LogP contribution in [0.2, 0.25) is 0 Å². The predicted molar refractivity (Wildman–Crippen MR) is 144 cm³/mol. The number of benzene rings is 5. The van der Waals surface area contributed by atoms with E-state index in [4.69, 9.17) is 0 Å². The summed E-state index contributed by atoms with van der Waals surface area (Å²) in [4.78, 5) is 0. The van der Waals surface area contributed by atoms with Crippen LogP contribution in [-0.2, 0) is 0 Å². The van der Waals surface area contributed by atoms with Crippen molar-refractivity contribution >= 4 is 43.6 Å². The number of rotatable bonds is 2. The minimum atomic E-state index is -0.660. The lowest BCUT2D eigenvalue weighted by Gasteiger charge is -2.12. The Morgan fingerprint density at radius 1 is 0.579 bits per heavy atom. The number of fused-ring (bicyclic) bond motifs is 7. The summed E-state index contributed by atoms with van der Waals surface area (Å²) in [5, 5.41) is 23.0. The van der Waals surface area contributed by atoms with Crippen molar-refractivity contribution in [2.75, 3.05) is 0 Å². The molecule has 0 radical (unpaired) electrons. The van der Waals surface area contributed by atoms with Gasteiger partial charge in [0, 0.05) is 21.5 Å². The van der Waals surface area contributed by atoms with E-state index in [0.29, 0.717) is 27.8 Å². The Bertz CT molecular complexity index is 2170. The molecule has 38 heavy (non-hydrogen) atoms. The van der Waals surface area contributed by atoms with Crippen LogP contribution in [0.4, 0.5) is 8.78 Å². The normalized spacial score (nSPS) is 11.4. The molecule has 178 valence electrons. The maximum Gasteiger partial charge on any atom is 0.150 e. The van der Waals surface area contributed by atoms with Crippen LogP contribution in [0.3, 0.4) is 0 Å². The summed E-state index contributed by atoms with van der Waals surface area (Å²) in [7, 11) is 0. The van der Waals surface area contributed by atoms with Gasteiger partial charge in [0.1, 0.15) is 23.4 Å². The van der Waals surface area contributed by atoms with Gasteiger partial charge in [0.2, 0.25) is 0 Å². The maximum atomic E-state index is 15.1. The van der Waals surface area contributed by atoms with Crippen molar-refractivity contribution in [3.8, 4) is 23.5 Å². The van der Waals surface area contributed by atoms with Crippen molar-refractivity contribution < 1.29 is 8.78 Å². The molecule has 0 saturated carbocycles. The maximum absolute atomic E-state index is 15.1. The second-order valence-corrected chi connectivity index (χ2v) is 9.09. The highest BCUT2D eigenvalue weighted by Gasteiger charge is 2.23. The minimum absolute atomic E-state index is 0.142. The molecule has 0 bridgehead atoms. The number of hydrogen-bond acceptors (Lipinski definition) is 2. The summed E-state index contributed by atoms with van der Waals surface area (Å²) in [6, 6.07) is 32.5. The highest BCUT2D eigenvalue weighted by Crippen LogP contribution is 2.42. The third-order valence-electron chi connectivity index (χ3n) is 7.12. The molecule has 0 aliphatic carbocycles. The van der Waals surface area contributed by atoms with Crippen LogP contribution in [0.25, 0.3) is 55.0 Å². The van der Waals surface area contributed by atoms with Crippen molar-refractivity contribution in [2.24, 2.45) is 0 Å². The summed E-state index contributed by atoms with van der Waals surface area (Å²) in [6.45, 7) is 0. The van der Waals surface area contributed by atoms with Crippen LogP contribution >= 0.6 is 0 Å². The van der Waals surface area contributed by atoms with Gasteiger partial charge >= 0.3 is 0 Å². The van der Waals surface area contributed by atoms with Crippen LogP contribution < -0.4 is 0 Å². The standard InChI is InChI=1S/C32H16F2N4/c33-24-8-5-9-25(34)32(24)38-28-11-4-2-7-23(28)30-29(38)15-13-22-21-6-1-3-10-27(21)37(31(22)30)26-14-12-19(17-35)16-20(26)18-36/h1-16H. The smallest absolute Gasteiger partial charge is 0.150 e. The summed E-state index contributed by atoms with van der Waals surface area (Å²) < 4.78 is 33.9. The number of hydrogen-bond donors (Lipinski definition) is 0. The van der Waals surface area contributed by atoms with Crippen LogP contribution in [-0.4, -0.2) is 9.13 Å². The minimum Gasteiger partial charge on any atom is -0.307 e. The molecular weight excluding hydrogens is 478 g/mol. The third-order valence-corrected chi connectivity index (χ3v) is 7.12. The van der Waals surface area contributed by atoms with E-state index in [-0.39, 0.29) is 5.69 Å². The van der Waals surface area contributed by atoms with Crippen molar-refractivity contribution in [3.05, 3.63) is 120 Å². The van der Waals surface area contributed by atoms with Gasteiger partial charge in [0.15, 0.2) is 0 Å². The molecule has 0 fully saturated rings. The SMILES string of the molecule is N#Cc1ccc(-n2c3ccccc3c3ccc4c(c5ccccc5n4-c4c(F)cccc4F)c32)c(C#N)c1. The topological polar surface area (TPSA) is 57.4 Å². The van der Waals surface area contributed by atoms with Gasteiger partial charge in [-0.15, -0.1) is 0 Å². The molecular formula is C32H16F2N4. The fourth-order valence-electron chi connectivity index (χ4n) is 5.59.